The highest BCUT2D eigenvalue weighted by Gasteiger charge is 2.17. The third-order valence-corrected chi connectivity index (χ3v) is 3.38. The van der Waals surface area contributed by atoms with Crippen LogP contribution in [0, 0.1) is 5.92 Å². The Morgan fingerprint density at radius 1 is 1.08 bits per heavy atom. The first kappa shape index (κ1) is 11.0. The minimum atomic E-state index is 0.489. The van der Waals surface area contributed by atoms with Gasteiger partial charge in [0, 0.05) is 6.04 Å². The van der Waals surface area contributed by atoms with E-state index in [1.54, 1.807) is 0 Å². The molecule has 0 radical (unpaired) electrons. The van der Waals surface area contributed by atoms with Crippen LogP contribution in [0.5, 0.6) is 0 Å². The minimum Gasteiger partial charge on any atom is -0.327 e. The maximum Gasteiger partial charge on any atom is 0.00670 e. The standard InChI is InChI=1S/C12H25N/c1-2-8-12(13)11-9-6-4-3-5-7-10-11/h11-12H,2-10,13H2,1H3. The Labute approximate surface area is 83.1 Å². The van der Waals surface area contributed by atoms with Crippen molar-refractivity contribution < 1.29 is 0 Å². The monoisotopic (exact) mass is 183 g/mol. The lowest BCUT2D eigenvalue weighted by Crippen LogP contribution is -2.30. The third-order valence-electron chi connectivity index (χ3n) is 3.38. The van der Waals surface area contributed by atoms with Crippen molar-refractivity contribution in [3.8, 4) is 0 Å². The van der Waals surface area contributed by atoms with E-state index in [4.69, 9.17) is 5.73 Å². The van der Waals surface area contributed by atoms with Crippen molar-refractivity contribution in [1.29, 1.82) is 0 Å². The Bertz CT molecular complexity index is 114. The Balaban J connectivity index is 2.27. The molecule has 0 amide bonds. The lowest BCUT2D eigenvalue weighted by atomic mass is 9.84. The molecule has 0 heterocycles. The summed E-state index contributed by atoms with van der Waals surface area (Å²) in [5.41, 5.74) is 6.18. The van der Waals surface area contributed by atoms with E-state index in [-0.39, 0.29) is 0 Å². The molecule has 0 aromatic heterocycles. The molecule has 78 valence electrons. The van der Waals surface area contributed by atoms with Crippen LogP contribution in [0.15, 0.2) is 0 Å². The van der Waals surface area contributed by atoms with Crippen LogP contribution in [0.2, 0.25) is 0 Å². The molecule has 1 saturated carbocycles. The SMILES string of the molecule is CCCC(N)C1CCCCCCC1. The predicted molar refractivity (Wildman–Crippen MR) is 58.7 cm³/mol. The number of hydrogen-bond acceptors (Lipinski definition) is 1. The zero-order valence-corrected chi connectivity index (χ0v) is 9.10. The van der Waals surface area contributed by atoms with Crippen molar-refractivity contribution in [1.82, 2.24) is 0 Å². The van der Waals surface area contributed by atoms with Crippen LogP contribution < -0.4 is 5.73 Å². The fraction of sp³-hybridized carbons (Fsp3) is 1.00. The number of nitrogens with two attached hydrogens (primary N) is 1. The van der Waals surface area contributed by atoms with Gasteiger partial charge < -0.3 is 5.73 Å². The van der Waals surface area contributed by atoms with Crippen LogP contribution in [0.3, 0.4) is 0 Å². The van der Waals surface area contributed by atoms with Gasteiger partial charge in [-0.05, 0) is 25.2 Å². The van der Waals surface area contributed by atoms with Crippen molar-refractivity contribution in [3.63, 3.8) is 0 Å². The van der Waals surface area contributed by atoms with Crippen LogP contribution in [0.1, 0.15) is 64.7 Å². The van der Waals surface area contributed by atoms with Crippen LogP contribution in [-0.2, 0) is 0 Å². The summed E-state index contributed by atoms with van der Waals surface area (Å²) in [6.07, 6.45) is 12.4. The highest BCUT2D eigenvalue weighted by Crippen LogP contribution is 2.25. The van der Waals surface area contributed by atoms with Crippen LogP contribution >= 0.6 is 0 Å². The van der Waals surface area contributed by atoms with Gasteiger partial charge in [0.25, 0.3) is 0 Å². The Kier molecular flexibility index (Phi) is 5.45. The molecule has 2 N–H and O–H groups in total. The molecule has 0 aromatic carbocycles. The van der Waals surface area contributed by atoms with Gasteiger partial charge in [-0.3, -0.25) is 0 Å². The first-order chi connectivity index (χ1) is 6.34. The molecule has 13 heavy (non-hydrogen) atoms. The summed E-state index contributed by atoms with van der Waals surface area (Å²) in [6.45, 7) is 2.24. The topological polar surface area (TPSA) is 26.0 Å². The predicted octanol–water partition coefficient (Wildman–Crippen LogP) is 3.47. The first-order valence-electron chi connectivity index (χ1n) is 6.10. The summed E-state index contributed by atoms with van der Waals surface area (Å²) < 4.78 is 0. The van der Waals surface area contributed by atoms with Gasteiger partial charge >= 0.3 is 0 Å². The average molecular weight is 183 g/mol. The maximum atomic E-state index is 6.18. The van der Waals surface area contributed by atoms with Crippen molar-refractivity contribution >= 4 is 0 Å². The molecular weight excluding hydrogens is 158 g/mol. The molecule has 0 spiro atoms. The molecule has 1 unspecified atom stereocenters. The molecule has 1 aliphatic rings. The molecule has 1 rings (SSSR count). The summed E-state index contributed by atoms with van der Waals surface area (Å²) in [5.74, 6) is 0.834. The summed E-state index contributed by atoms with van der Waals surface area (Å²) in [6, 6.07) is 0.489. The van der Waals surface area contributed by atoms with E-state index in [1.807, 2.05) is 0 Å². The second-order valence-electron chi connectivity index (χ2n) is 4.56. The largest absolute Gasteiger partial charge is 0.327 e. The molecule has 1 nitrogen and oxygen atoms in total. The van der Waals surface area contributed by atoms with Crippen molar-refractivity contribution in [3.05, 3.63) is 0 Å². The van der Waals surface area contributed by atoms with Gasteiger partial charge in [0.05, 0.1) is 0 Å². The normalized spacial score (nSPS) is 23.5. The highest BCUT2D eigenvalue weighted by molar-refractivity contribution is 4.74. The van der Waals surface area contributed by atoms with E-state index in [0.717, 1.165) is 5.92 Å². The van der Waals surface area contributed by atoms with Gasteiger partial charge in [-0.2, -0.15) is 0 Å². The van der Waals surface area contributed by atoms with Crippen molar-refractivity contribution in [2.24, 2.45) is 11.7 Å². The number of hydrogen-bond donors (Lipinski definition) is 1. The lowest BCUT2D eigenvalue weighted by Gasteiger charge is -2.25. The Morgan fingerprint density at radius 3 is 2.15 bits per heavy atom. The molecule has 0 aliphatic heterocycles. The average Bonchev–Trinajstić information content (AvgIpc) is 2.03. The van der Waals surface area contributed by atoms with E-state index >= 15 is 0 Å². The zero-order valence-electron chi connectivity index (χ0n) is 9.10. The van der Waals surface area contributed by atoms with Gasteiger partial charge in [0.15, 0.2) is 0 Å². The summed E-state index contributed by atoms with van der Waals surface area (Å²) in [7, 11) is 0. The summed E-state index contributed by atoms with van der Waals surface area (Å²) >= 11 is 0. The van der Waals surface area contributed by atoms with E-state index in [1.165, 1.54) is 57.8 Å². The molecule has 1 aliphatic carbocycles. The van der Waals surface area contributed by atoms with Crippen LogP contribution in [0.25, 0.3) is 0 Å². The molecule has 0 aromatic rings. The van der Waals surface area contributed by atoms with Crippen molar-refractivity contribution in [2.45, 2.75) is 70.8 Å². The third kappa shape index (κ3) is 4.12. The zero-order chi connectivity index (χ0) is 9.52. The second-order valence-corrected chi connectivity index (χ2v) is 4.56. The maximum absolute atomic E-state index is 6.18. The van der Waals surface area contributed by atoms with E-state index in [0.29, 0.717) is 6.04 Å². The quantitative estimate of drug-likeness (QED) is 0.712. The number of rotatable bonds is 3. The lowest BCUT2D eigenvalue weighted by molar-refractivity contribution is 0.312. The van der Waals surface area contributed by atoms with Crippen LogP contribution in [-0.4, -0.2) is 6.04 Å². The molecule has 0 bridgehead atoms. The van der Waals surface area contributed by atoms with Gasteiger partial charge in [-0.1, -0.05) is 45.4 Å². The summed E-state index contributed by atoms with van der Waals surface area (Å²) in [4.78, 5) is 0. The van der Waals surface area contributed by atoms with Gasteiger partial charge in [0.2, 0.25) is 0 Å². The van der Waals surface area contributed by atoms with Crippen LogP contribution in [0.4, 0.5) is 0 Å². The molecule has 1 fully saturated rings. The Morgan fingerprint density at radius 2 is 1.62 bits per heavy atom. The van der Waals surface area contributed by atoms with E-state index in [2.05, 4.69) is 6.92 Å². The smallest absolute Gasteiger partial charge is 0.00670 e. The molecule has 0 saturated heterocycles. The second kappa shape index (κ2) is 6.42. The molecule has 1 atom stereocenters. The van der Waals surface area contributed by atoms with Gasteiger partial charge in [-0.25, -0.2) is 0 Å². The molecular formula is C12H25N. The molecule has 1 heteroatoms. The van der Waals surface area contributed by atoms with E-state index in [9.17, 15) is 0 Å². The van der Waals surface area contributed by atoms with Crippen molar-refractivity contribution in [2.75, 3.05) is 0 Å². The summed E-state index contributed by atoms with van der Waals surface area (Å²) in [5, 5.41) is 0. The fourth-order valence-corrected chi connectivity index (χ4v) is 2.48. The Hall–Kier alpha value is -0.0400. The van der Waals surface area contributed by atoms with Gasteiger partial charge in [0.1, 0.15) is 0 Å². The highest BCUT2D eigenvalue weighted by atomic mass is 14.6. The van der Waals surface area contributed by atoms with Gasteiger partial charge in [-0.15, -0.1) is 0 Å². The fourth-order valence-electron chi connectivity index (χ4n) is 2.48. The minimum absolute atomic E-state index is 0.489. The first-order valence-corrected chi connectivity index (χ1v) is 6.10. The van der Waals surface area contributed by atoms with E-state index < -0.39 is 0 Å².